The van der Waals surface area contributed by atoms with E-state index < -0.39 is 5.82 Å². The predicted octanol–water partition coefficient (Wildman–Crippen LogP) is 2.02. The van der Waals surface area contributed by atoms with Crippen molar-refractivity contribution >= 4 is 11.6 Å². The molecule has 1 amide bonds. The summed E-state index contributed by atoms with van der Waals surface area (Å²) in [4.78, 5) is 30.5. The molecule has 0 atom stereocenters. The van der Waals surface area contributed by atoms with E-state index in [0.717, 1.165) is 5.56 Å². The fraction of sp³-hybridized carbons (Fsp3) is 0.267. The van der Waals surface area contributed by atoms with Gasteiger partial charge in [-0.05, 0) is 38.5 Å². The van der Waals surface area contributed by atoms with Crippen LogP contribution in [0.3, 0.4) is 0 Å². The second kappa shape index (κ2) is 5.87. The highest BCUT2D eigenvalue weighted by atomic mass is 19.1. The van der Waals surface area contributed by atoms with Gasteiger partial charge >= 0.3 is 0 Å². The van der Waals surface area contributed by atoms with Gasteiger partial charge in [0.1, 0.15) is 11.6 Å². The second-order valence-electron chi connectivity index (χ2n) is 4.90. The number of aryl methyl sites for hydroxylation is 3. The molecule has 0 spiro atoms. The average Bonchev–Trinajstić information content (AvgIpc) is 2.38. The van der Waals surface area contributed by atoms with Crippen molar-refractivity contribution < 1.29 is 9.18 Å². The predicted molar refractivity (Wildman–Crippen MR) is 77.8 cm³/mol. The summed E-state index contributed by atoms with van der Waals surface area (Å²) in [6.07, 6.45) is -0.107. The molecule has 1 aromatic heterocycles. The maximum atomic E-state index is 13.2. The number of benzene rings is 1. The number of aromatic amines is 1. The summed E-state index contributed by atoms with van der Waals surface area (Å²) in [5.41, 5.74) is 1.65. The lowest BCUT2D eigenvalue weighted by atomic mass is 10.1. The zero-order valence-electron chi connectivity index (χ0n) is 12.1. The van der Waals surface area contributed by atoms with E-state index in [-0.39, 0.29) is 17.9 Å². The Morgan fingerprint density at radius 3 is 2.71 bits per heavy atom. The normalized spacial score (nSPS) is 10.5. The molecule has 0 aliphatic heterocycles. The number of hydrogen-bond acceptors (Lipinski definition) is 3. The van der Waals surface area contributed by atoms with Crippen molar-refractivity contribution in [3.05, 3.63) is 57.0 Å². The van der Waals surface area contributed by atoms with E-state index in [9.17, 15) is 14.0 Å². The number of hydrogen-bond donors (Lipinski definition) is 2. The molecule has 6 heteroatoms. The van der Waals surface area contributed by atoms with Crippen LogP contribution in [0, 0.1) is 26.6 Å². The number of anilines is 1. The molecule has 0 aliphatic carbocycles. The molecule has 0 saturated carbocycles. The van der Waals surface area contributed by atoms with Crippen molar-refractivity contribution in [3.63, 3.8) is 0 Å². The molecule has 2 aromatic rings. The fourth-order valence-electron chi connectivity index (χ4n) is 2.04. The minimum Gasteiger partial charge on any atom is -0.325 e. The van der Waals surface area contributed by atoms with Crippen molar-refractivity contribution in [2.75, 3.05) is 5.32 Å². The first kappa shape index (κ1) is 14.9. The molecular formula is C15H16FN3O2. The molecular weight excluding hydrogens is 273 g/mol. The first-order valence-electron chi connectivity index (χ1n) is 6.49. The Morgan fingerprint density at radius 1 is 1.33 bits per heavy atom. The SMILES string of the molecule is Cc1nc(C)c(CC(=O)Nc2cc(F)ccc2C)c(=O)[nH]1. The first-order chi connectivity index (χ1) is 9.86. The van der Waals surface area contributed by atoms with Crippen molar-refractivity contribution in [2.24, 2.45) is 0 Å². The number of rotatable bonds is 3. The van der Waals surface area contributed by atoms with Crippen LogP contribution in [0.1, 0.15) is 22.6 Å². The summed E-state index contributed by atoms with van der Waals surface area (Å²) in [5.74, 6) is -0.312. The van der Waals surface area contributed by atoms with Crippen LogP contribution in [0.15, 0.2) is 23.0 Å². The number of carbonyl (C=O) groups is 1. The number of carbonyl (C=O) groups excluding carboxylic acids is 1. The molecule has 2 rings (SSSR count). The monoisotopic (exact) mass is 289 g/mol. The third-order valence-corrected chi connectivity index (χ3v) is 3.15. The van der Waals surface area contributed by atoms with Crippen LogP contribution in [0.25, 0.3) is 0 Å². The van der Waals surface area contributed by atoms with Gasteiger partial charge in [-0.25, -0.2) is 9.37 Å². The molecule has 21 heavy (non-hydrogen) atoms. The summed E-state index contributed by atoms with van der Waals surface area (Å²) in [6.45, 7) is 5.12. The van der Waals surface area contributed by atoms with Gasteiger partial charge in [0.2, 0.25) is 5.91 Å². The van der Waals surface area contributed by atoms with Gasteiger partial charge in [-0.1, -0.05) is 6.07 Å². The molecule has 1 aromatic carbocycles. The van der Waals surface area contributed by atoms with Gasteiger partial charge in [-0.2, -0.15) is 0 Å². The minimum absolute atomic E-state index is 0.107. The van der Waals surface area contributed by atoms with E-state index in [4.69, 9.17) is 0 Å². The van der Waals surface area contributed by atoms with Gasteiger partial charge in [0.25, 0.3) is 5.56 Å². The molecule has 2 N–H and O–H groups in total. The number of nitrogens with one attached hydrogen (secondary N) is 2. The van der Waals surface area contributed by atoms with E-state index >= 15 is 0 Å². The largest absolute Gasteiger partial charge is 0.325 e. The van der Waals surface area contributed by atoms with Crippen LogP contribution in [0.5, 0.6) is 0 Å². The lowest BCUT2D eigenvalue weighted by molar-refractivity contribution is -0.115. The lowest BCUT2D eigenvalue weighted by Gasteiger charge is -2.09. The zero-order chi connectivity index (χ0) is 15.6. The topological polar surface area (TPSA) is 74.8 Å². The fourth-order valence-corrected chi connectivity index (χ4v) is 2.04. The lowest BCUT2D eigenvalue weighted by Crippen LogP contribution is -2.24. The Morgan fingerprint density at radius 2 is 2.05 bits per heavy atom. The second-order valence-corrected chi connectivity index (χ2v) is 4.90. The first-order valence-corrected chi connectivity index (χ1v) is 6.49. The number of H-pyrrole nitrogens is 1. The summed E-state index contributed by atoms with van der Waals surface area (Å²) in [5, 5.41) is 2.61. The number of aromatic nitrogens is 2. The molecule has 0 radical (unpaired) electrons. The Hall–Kier alpha value is -2.50. The van der Waals surface area contributed by atoms with Crippen LogP contribution in [0.2, 0.25) is 0 Å². The zero-order valence-corrected chi connectivity index (χ0v) is 12.1. The van der Waals surface area contributed by atoms with Crippen molar-refractivity contribution in [3.8, 4) is 0 Å². The van der Waals surface area contributed by atoms with Gasteiger partial charge in [0.05, 0.1) is 6.42 Å². The number of amides is 1. The van der Waals surface area contributed by atoms with E-state index in [1.165, 1.54) is 12.1 Å². The number of halogens is 1. The Bertz CT molecular complexity index is 753. The van der Waals surface area contributed by atoms with Crippen LogP contribution >= 0.6 is 0 Å². The molecule has 0 saturated heterocycles. The van der Waals surface area contributed by atoms with Gasteiger partial charge in [-0.15, -0.1) is 0 Å². The van der Waals surface area contributed by atoms with Gasteiger partial charge in [0, 0.05) is 16.9 Å². The maximum Gasteiger partial charge on any atom is 0.254 e. The van der Waals surface area contributed by atoms with Gasteiger partial charge in [0.15, 0.2) is 0 Å². The van der Waals surface area contributed by atoms with E-state index in [1.54, 1.807) is 26.8 Å². The molecule has 0 bridgehead atoms. The summed E-state index contributed by atoms with van der Waals surface area (Å²) in [7, 11) is 0. The highest BCUT2D eigenvalue weighted by molar-refractivity contribution is 5.93. The van der Waals surface area contributed by atoms with Crippen LogP contribution in [0.4, 0.5) is 10.1 Å². The van der Waals surface area contributed by atoms with E-state index in [0.29, 0.717) is 22.8 Å². The molecule has 0 unspecified atom stereocenters. The molecule has 110 valence electrons. The third kappa shape index (κ3) is 3.53. The highest BCUT2D eigenvalue weighted by Gasteiger charge is 2.13. The summed E-state index contributed by atoms with van der Waals surface area (Å²) >= 11 is 0. The standard InChI is InChI=1S/C15H16FN3O2/c1-8-4-5-11(16)6-13(8)19-14(20)7-12-9(2)17-10(3)18-15(12)21/h4-6H,7H2,1-3H3,(H,19,20)(H,17,18,21). The highest BCUT2D eigenvalue weighted by Crippen LogP contribution is 2.16. The number of nitrogens with zero attached hydrogens (tertiary/aromatic N) is 1. The Labute approximate surface area is 121 Å². The quantitative estimate of drug-likeness (QED) is 0.907. The molecule has 0 aliphatic rings. The summed E-state index contributed by atoms with van der Waals surface area (Å²) < 4.78 is 13.2. The maximum absolute atomic E-state index is 13.2. The van der Waals surface area contributed by atoms with E-state index in [1.807, 2.05) is 0 Å². The van der Waals surface area contributed by atoms with Crippen molar-refractivity contribution in [2.45, 2.75) is 27.2 Å². The average molecular weight is 289 g/mol. The molecule has 0 fully saturated rings. The van der Waals surface area contributed by atoms with Crippen LogP contribution in [-0.4, -0.2) is 15.9 Å². The smallest absolute Gasteiger partial charge is 0.254 e. The van der Waals surface area contributed by atoms with Gasteiger partial charge < -0.3 is 10.3 Å². The Kier molecular flexibility index (Phi) is 4.16. The van der Waals surface area contributed by atoms with Crippen LogP contribution < -0.4 is 10.9 Å². The summed E-state index contributed by atoms with van der Waals surface area (Å²) in [6, 6.07) is 4.15. The van der Waals surface area contributed by atoms with Crippen molar-refractivity contribution in [1.82, 2.24) is 9.97 Å². The Balaban J connectivity index is 2.20. The van der Waals surface area contributed by atoms with E-state index in [2.05, 4.69) is 15.3 Å². The van der Waals surface area contributed by atoms with Gasteiger partial charge in [-0.3, -0.25) is 9.59 Å². The van der Waals surface area contributed by atoms with Crippen LogP contribution in [-0.2, 0) is 11.2 Å². The van der Waals surface area contributed by atoms with Crippen molar-refractivity contribution in [1.29, 1.82) is 0 Å². The third-order valence-electron chi connectivity index (χ3n) is 3.15. The molecule has 1 heterocycles. The minimum atomic E-state index is -0.429. The molecule has 5 nitrogen and oxygen atoms in total.